The third-order valence-electron chi connectivity index (χ3n) is 7.07. The number of likely N-dealkylation sites (tertiary alicyclic amines) is 2. The molecule has 180 valence electrons. The van der Waals surface area contributed by atoms with E-state index in [0.717, 1.165) is 64.4 Å². The number of guanidine groups is 1. The Morgan fingerprint density at radius 2 is 1.69 bits per heavy atom. The quantitative estimate of drug-likeness (QED) is 0.331. The molecule has 3 aliphatic rings. The van der Waals surface area contributed by atoms with Crippen molar-refractivity contribution >= 4 is 29.9 Å². The molecule has 1 atom stereocenters. The minimum atomic E-state index is 0. The normalized spacial score (nSPS) is 23.6. The number of nitrogens with zero attached hydrogens (tertiary/aromatic N) is 4. The molecule has 3 saturated heterocycles. The lowest BCUT2D eigenvalue weighted by molar-refractivity contribution is 0.0315. The summed E-state index contributed by atoms with van der Waals surface area (Å²) < 4.78 is 5.49. The second-order valence-electron chi connectivity index (χ2n) is 9.37. The van der Waals surface area contributed by atoms with Crippen molar-refractivity contribution in [3.8, 4) is 0 Å². The molecule has 7 heteroatoms. The summed E-state index contributed by atoms with van der Waals surface area (Å²) in [6, 6.07) is 8.93. The molecule has 0 saturated carbocycles. The minimum Gasteiger partial charge on any atom is -0.379 e. The van der Waals surface area contributed by atoms with Crippen molar-refractivity contribution in [2.24, 2.45) is 10.9 Å². The van der Waals surface area contributed by atoms with Gasteiger partial charge in [0.2, 0.25) is 0 Å². The van der Waals surface area contributed by atoms with Gasteiger partial charge in [-0.05, 0) is 49.4 Å². The molecule has 32 heavy (non-hydrogen) atoms. The molecule has 4 rings (SSSR count). The van der Waals surface area contributed by atoms with Gasteiger partial charge in [-0.15, -0.1) is 24.0 Å². The van der Waals surface area contributed by atoms with Crippen molar-refractivity contribution in [2.45, 2.75) is 45.2 Å². The number of aliphatic imine (C=N–C) groups is 1. The number of halogens is 1. The van der Waals surface area contributed by atoms with Crippen molar-refractivity contribution < 1.29 is 4.74 Å². The molecule has 3 heterocycles. The molecule has 0 bridgehead atoms. The Morgan fingerprint density at radius 3 is 2.41 bits per heavy atom. The molecule has 0 spiro atoms. The molecule has 3 fully saturated rings. The lowest BCUT2D eigenvalue weighted by Crippen LogP contribution is -2.42. The van der Waals surface area contributed by atoms with Crippen LogP contribution in [-0.2, 0) is 17.8 Å². The van der Waals surface area contributed by atoms with Crippen LogP contribution in [0.5, 0.6) is 0 Å². The van der Waals surface area contributed by atoms with Gasteiger partial charge in [0.05, 0.1) is 13.2 Å². The highest BCUT2D eigenvalue weighted by atomic mass is 127. The van der Waals surface area contributed by atoms with E-state index in [1.54, 1.807) is 0 Å². The molecule has 1 unspecified atom stereocenters. The Balaban J connectivity index is 0.00000289. The van der Waals surface area contributed by atoms with Gasteiger partial charge in [0.15, 0.2) is 5.96 Å². The fourth-order valence-corrected chi connectivity index (χ4v) is 5.25. The summed E-state index contributed by atoms with van der Waals surface area (Å²) in [7, 11) is 1.92. The maximum absolute atomic E-state index is 5.49. The van der Waals surface area contributed by atoms with E-state index < -0.39 is 0 Å². The van der Waals surface area contributed by atoms with Gasteiger partial charge >= 0.3 is 0 Å². The molecule has 0 radical (unpaired) electrons. The zero-order valence-corrected chi connectivity index (χ0v) is 22.1. The minimum absolute atomic E-state index is 0. The van der Waals surface area contributed by atoms with Gasteiger partial charge in [-0.3, -0.25) is 14.8 Å². The van der Waals surface area contributed by atoms with E-state index in [2.05, 4.69) is 49.3 Å². The third-order valence-corrected chi connectivity index (χ3v) is 7.07. The molecule has 6 nitrogen and oxygen atoms in total. The average molecular weight is 556 g/mol. The first-order valence-electron chi connectivity index (χ1n) is 12.4. The van der Waals surface area contributed by atoms with E-state index in [-0.39, 0.29) is 24.0 Å². The summed E-state index contributed by atoms with van der Waals surface area (Å²) in [5.74, 6) is 1.78. The summed E-state index contributed by atoms with van der Waals surface area (Å²) in [6.45, 7) is 11.7. The third kappa shape index (κ3) is 7.57. The number of morpholine rings is 1. The van der Waals surface area contributed by atoms with Gasteiger partial charge < -0.3 is 15.0 Å². The molecule has 0 aliphatic carbocycles. The lowest BCUT2D eigenvalue weighted by atomic mass is 10.1. The van der Waals surface area contributed by atoms with Crippen LogP contribution in [0.4, 0.5) is 0 Å². The first-order valence-corrected chi connectivity index (χ1v) is 12.4. The van der Waals surface area contributed by atoms with Crippen LogP contribution in [0, 0.1) is 5.92 Å². The summed E-state index contributed by atoms with van der Waals surface area (Å²) in [6.07, 6.45) is 6.71. The number of nitrogens with one attached hydrogen (secondary N) is 1. The molecular formula is C25H42IN5O. The molecule has 1 N–H and O–H groups in total. The average Bonchev–Trinajstić information content (AvgIpc) is 3.10. The molecule has 1 aromatic rings. The van der Waals surface area contributed by atoms with Crippen LogP contribution in [0.3, 0.4) is 0 Å². The zero-order valence-electron chi connectivity index (χ0n) is 19.8. The highest BCUT2D eigenvalue weighted by Gasteiger charge is 2.27. The fourth-order valence-electron chi connectivity index (χ4n) is 5.25. The maximum Gasteiger partial charge on any atom is 0.193 e. The van der Waals surface area contributed by atoms with Crippen molar-refractivity contribution in [2.75, 3.05) is 66.1 Å². The van der Waals surface area contributed by atoms with E-state index >= 15 is 0 Å². The SMILES string of the molecule is CN=C(NCc1ccccc1CN1CCCCCC1)N1CCC(CN2CCOCC2)C1.I. The summed E-state index contributed by atoms with van der Waals surface area (Å²) in [5, 5.41) is 3.67. The second kappa shape index (κ2) is 13.7. The zero-order chi connectivity index (χ0) is 21.3. The fraction of sp³-hybridized carbons (Fsp3) is 0.720. The standard InChI is InChI=1S/C25H41N5O.HI/c1-26-25(30-13-10-22(20-30)19-29-14-16-31-17-15-29)27-18-23-8-4-5-9-24(23)21-28-11-6-2-3-7-12-28;/h4-5,8-9,22H,2-3,6-7,10-21H2,1H3,(H,26,27);1H. The van der Waals surface area contributed by atoms with E-state index in [4.69, 9.17) is 4.74 Å². The Hall–Kier alpha value is -0.900. The number of rotatable bonds is 6. The predicted octanol–water partition coefficient (Wildman–Crippen LogP) is 3.41. The lowest BCUT2D eigenvalue weighted by Gasteiger charge is -2.29. The van der Waals surface area contributed by atoms with Crippen molar-refractivity contribution in [1.82, 2.24) is 20.0 Å². The van der Waals surface area contributed by atoms with Crippen molar-refractivity contribution in [1.29, 1.82) is 0 Å². The highest BCUT2D eigenvalue weighted by molar-refractivity contribution is 14.0. The molecule has 1 aromatic carbocycles. The van der Waals surface area contributed by atoms with Crippen LogP contribution in [0.25, 0.3) is 0 Å². The van der Waals surface area contributed by atoms with Crippen LogP contribution in [0.1, 0.15) is 43.2 Å². The number of hydrogen-bond donors (Lipinski definition) is 1. The van der Waals surface area contributed by atoms with Crippen LogP contribution < -0.4 is 5.32 Å². The monoisotopic (exact) mass is 555 g/mol. The van der Waals surface area contributed by atoms with Crippen LogP contribution in [-0.4, -0.2) is 86.7 Å². The van der Waals surface area contributed by atoms with Gasteiger partial charge in [0.25, 0.3) is 0 Å². The smallest absolute Gasteiger partial charge is 0.193 e. The Kier molecular flexibility index (Phi) is 11.0. The molecule has 3 aliphatic heterocycles. The number of hydrogen-bond acceptors (Lipinski definition) is 4. The van der Waals surface area contributed by atoms with Crippen molar-refractivity contribution in [3.05, 3.63) is 35.4 Å². The van der Waals surface area contributed by atoms with E-state index in [1.165, 1.54) is 62.9 Å². The summed E-state index contributed by atoms with van der Waals surface area (Å²) >= 11 is 0. The van der Waals surface area contributed by atoms with Gasteiger partial charge in [-0.1, -0.05) is 37.1 Å². The molecular weight excluding hydrogens is 513 g/mol. The summed E-state index contributed by atoms with van der Waals surface area (Å²) in [4.78, 5) is 12.3. The summed E-state index contributed by atoms with van der Waals surface area (Å²) in [5.41, 5.74) is 2.86. The van der Waals surface area contributed by atoms with Crippen molar-refractivity contribution in [3.63, 3.8) is 0 Å². The van der Waals surface area contributed by atoms with Crippen LogP contribution in [0.2, 0.25) is 0 Å². The van der Waals surface area contributed by atoms with E-state index in [1.807, 2.05) is 7.05 Å². The predicted molar refractivity (Wildman–Crippen MR) is 143 cm³/mol. The van der Waals surface area contributed by atoms with Crippen LogP contribution in [0.15, 0.2) is 29.3 Å². The van der Waals surface area contributed by atoms with Gasteiger partial charge in [0.1, 0.15) is 0 Å². The molecule has 0 amide bonds. The first-order chi connectivity index (χ1) is 15.3. The molecule has 0 aromatic heterocycles. The topological polar surface area (TPSA) is 43.3 Å². The Labute approximate surface area is 211 Å². The Morgan fingerprint density at radius 1 is 0.969 bits per heavy atom. The second-order valence-corrected chi connectivity index (χ2v) is 9.37. The maximum atomic E-state index is 5.49. The number of benzene rings is 1. The van der Waals surface area contributed by atoms with Gasteiger partial charge in [-0.25, -0.2) is 0 Å². The first kappa shape index (κ1) is 25.7. The van der Waals surface area contributed by atoms with Gasteiger partial charge in [0, 0.05) is 52.9 Å². The Bertz CT molecular complexity index is 701. The largest absolute Gasteiger partial charge is 0.379 e. The van der Waals surface area contributed by atoms with E-state index in [0.29, 0.717) is 0 Å². The van der Waals surface area contributed by atoms with Gasteiger partial charge in [-0.2, -0.15) is 0 Å². The van der Waals surface area contributed by atoms with Crippen LogP contribution >= 0.6 is 24.0 Å². The highest BCUT2D eigenvalue weighted by Crippen LogP contribution is 2.19. The number of ether oxygens (including phenoxy) is 1. The van der Waals surface area contributed by atoms with E-state index in [9.17, 15) is 0 Å².